The molecule has 0 N–H and O–H groups in total. The van der Waals surface area contributed by atoms with Crippen molar-refractivity contribution in [2.45, 2.75) is 36.6 Å². The fourth-order valence-electron chi connectivity index (χ4n) is 1.52. The maximum absolute atomic E-state index is 12.2. The van der Waals surface area contributed by atoms with Crippen LogP contribution >= 0.6 is 11.8 Å². The van der Waals surface area contributed by atoms with Crippen LogP contribution in [0, 0.1) is 0 Å². The first-order valence-corrected chi connectivity index (χ1v) is 6.92. The SMILES string of the molecule is COC(=O)Cn1nnnc1Sc1nccn(C(C)C)c1=O. The number of methoxy groups -OCH3 is 1. The molecule has 2 aromatic rings. The first kappa shape index (κ1) is 15.2. The van der Waals surface area contributed by atoms with Gasteiger partial charge >= 0.3 is 5.97 Å². The molecule has 0 fully saturated rings. The summed E-state index contributed by atoms with van der Waals surface area (Å²) in [5, 5.41) is 11.5. The molecule has 2 heterocycles. The Kier molecular flexibility index (Phi) is 4.68. The molecule has 0 aromatic carbocycles. The van der Waals surface area contributed by atoms with Crippen molar-refractivity contribution in [2.24, 2.45) is 0 Å². The largest absolute Gasteiger partial charge is 0.468 e. The Balaban J connectivity index is 2.27. The van der Waals surface area contributed by atoms with Crippen LogP contribution in [0.2, 0.25) is 0 Å². The van der Waals surface area contributed by atoms with Crippen molar-refractivity contribution in [2.75, 3.05) is 7.11 Å². The fourth-order valence-corrected chi connectivity index (χ4v) is 2.29. The maximum Gasteiger partial charge on any atom is 0.327 e. The van der Waals surface area contributed by atoms with Crippen molar-refractivity contribution in [3.05, 3.63) is 22.7 Å². The van der Waals surface area contributed by atoms with E-state index in [1.165, 1.54) is 18.0 Å². The van der Waals surface area contributed by atoms with E-state index in [1.54, 1.807) is 10.8 Å². The third-order valence-electron chi connectivity index (χ3n) is 2.59. The molecule has 0 amide bonds. The molecule has 0 unspecified atom stereocenters. The summed E-state index contributed by atoms with van der Waals surface area (Å²) in [6.07, 6.45) is 3.16. The highest BCUT2D eigenvalue weighted by Crippen LogP contribution is 2.20. The number of esters is 1. The molecule has 0 atom stereocenters. The number of hydrogen-bond donors (Lipinski definition) is 0. The van der Waals surface area contributed by atoms with E-state index in [-0.39, 0.29) is 23.2 Å². The Morgan fingerprint density at radius 2 is 2.24 bits per heavy atom. The second-order valence-corrected chi connectivity index (χ2v) is 5.29. The normalized spacial score (nSPS) is 10.9. The minimum absolute atomic E-state index is 0.0194. The number of tetrazole rings is 1. The lowest BCUT2D eigenvalue weighted by Crippen LogP contribution is -2.23. The summed E-state index contributed by atoms with van der Waals surface area (Å²) in [5.74, 6) is -0.482. The van der Waals surface area contributed by atoms with Gasteiger partial charge in [0.25, 0.3) is 5.56 Å². The predicted molar refractivity (Wildman–Crippen MR) is 72.8 cm³/mol. The van der Waals surface area contributed by atoms with Crippen LogP contribution in [0.5, 0.6) is 0 Å². The lowest BCUT2D eigenvalue weighted by atomic mass is 10.4. The van der Waals surface area contributed by atoms with Crippen LogP contribution in [0.3, 0.4) is 0 Å². The zero-order valence-corrected chi connectivity index (χ0v) is 12.6. The predicted octanol–water partition coefficient (Wildman–Crippen LogP) is 0.135. The van der Waals surface area contributed by atoms with Gasteiger partial charge in [-0.3, -0.25) is 9.59 Å². The maximum atomic E-state index is 12.2. The first-order chi connectivity index (χ1) is 10.0. The van der Waals surface area contributed by atoms with E-state index >= 15 is 0 Å². The highest BCUT2D eigenvalue weighted by atomic mass is 32.2. The molecule has 0 aliphatic carbocycles. The first-order valence-electron chi connectivity index (χ1n) is 6.11. The second kappa shape index (κ2) is 6.48. The molecule has 0 aliphatic heterocycles. The minimum atomic E-state index is -0.482. The molecule has 2 rings (SSSR count). The summed E-state index contributed by atoms with van der Waals surface area (Å²) in [7, 11) is 1.28. The van der Waals surface area contributed by atoms with Crippen LogP contribution in [-0.4, -0.2) is 42.8 Å². The van der Waals surface area contributed by atoms with E-state index < -0.39 is 5.97 Å². The molecule has 0 spiro atoms. The Morgan fingerprint density at radius 3 is 2.90 bits per heavy atom. The second-order valence-electron chi connectivity index (χ2n) is 4.34. The van der Waals surface area contributed by atoms with Gasteiger partial charge in [0.2, 0.25) is 5.16 Å². The van der Waals surface area contributed by atoms with E-state index in [2.05, 4.69) is 25.2 Å². The summed E-state index contributed by atoms with van der Waals surface area (Å²) in [4.78, 5) is 27.5. The molecule has 0 saturated carbocycles. The molecule has 112 valence electrons. The third-order valence-corrected chi connectivity index (χ3v) is 3.53. The molecule has 0 bridgehead atoms. The van der Waals surface area contributed by atoms with Gasteiger partial charge in [-0.2, -0.15) is 0 Å². The topological polar surface area (TPSA) is 105 Å². The van der Waals surface area contributed by atoms with Gasteiger partial charge in [0.1, 0.15) is 6.54 Å². The van der Waals surface area contributed by atoms with E-state index in [4.69, 9.17) is 0 Å². The highest BCUT2D eigenvalue weighted by Gasteiger charge is 2.16. The fraction of sp³-hybridized carbons (Fsp3) is 0.455. The van der Waals surface area contributed by atoms with Crippen molar-refractivity contribution in [1.82, 2.24) is 29.8 Å². The van der Waals surface area contributed by atoms with Gasteiger partial charge in [-0.15, -0.1) is 5.10 Å². The molecular weight excluding hydrogens is 296 g/mol. The zero-order chi connectivity index (χ0) is 15.4. The monoisotopic (exact) mass is 310 g/mol. The zero-order valence-electron chi connectivity index (χ0n) is 11.8. The summed E-state index contributed by atoms with van der Waals surface area (Å²) in [5.41, 5.74) is -0.231. The van der Waals surface area contributed by atoms with Gasteiger partial charge in [-0.1, -0.05) is 0 Å². The van der Waals surface area contributed by atoms with Crippen LogP contribution in [-0.2, 0) is 16.1 Å². The summed E-state index contributed by atoms with van der Waals surface area (Å²) >= 11 is 1.01. The number of carbonyl (C=O) groups excluding carboxylic acids is 1. The van der Waals surface area contributed by atoms with Crippen molar-refractivity contribution < 1.29 is 9.53 Å². The van der Waals surface area contributed by atoms with Crippen molar-refractivity contribution in [3.63, 3.8) is 0 Å². The Hall–Kier alpha value is -2.23. The molecule has 0 radical (unpaired) electrons. The number of rotatable bonds is 5. The van der Waals surface area contributed by atoms with E-state index in [9.17, 15) is 9.59 Å². The lowest BCUT2D eigenvalue weighted by molar-refractivity contribution is -0.141. The van der Waals surface area contributed by atoms with Crippen LogP contribution < -0.4 is 5.56 Å². The number of aromatic nitrogens is 6. The van der Waals surface area contributed by atoms with Gasteiger partial charge in [0.15, 0.2) is 5.03 Å². The van der Waals surface area contributed by atoms with E-state index in [0.717, 1.165) is 11.8 Å². The molecular formula is C11H14N6O3S. The van der Waals surface area contributed by atoms with E-state index in [1.807, 2.05) is 13.8 Å². The summed E-state index contributed by atoms with van der Waals surface area (Å²) < 4.78 is 7.37. The van der Waals surface area contributed by atoms with E-state index in [0.29, 0.717) is 5.16 Å². The molecule has 0 saturated heterocycles. The number of nitrogens with zero attached hydrogens (tertiary/aromatic N) is 6. The number of carbonyl (C=O) groups is 1. The average Bonchev–Trinajstić information content (AvgIpc) is 2.87. The summed E-state index contributed by atoms with van der Waals surface area (Å²) in [6, 6.07) is 0.0194. The van der Waals surface area contributed by atoms with Crippen molar-refractivity contribution in [1.29, 1.82) is 0 Å². The smallest absolute Gasteiger partial charge is 0.327 e. The molecule has 0 aliphatic rings. The van der Waals surface area contributed by atoms with Gasteiger partial charge in [0, 0.05) is 18.4 Å². The van der Waals surface area contributed by atoms with Gasteiger partial charge < -0.3 is 9.30 Å². The Morgan fingerprint density at radius 1 is 1.48 bits per heavy atom. The van der Waals surface area contributed by atoms with Crippen LogP contribution in [0.4, 0.5) is 0 Å². The Labute approximate surface area is 124 Å². The number of hydrogen-bond acceptors (Lipinski definition) is 8. The molecule has 10 heteroatoms. The highest BCUT2D eigenvalue weighted by molar-refractivity contribution is 7.99. The standard InChI is InChI=1S/C11H14N6O3S/c1-7(2)16-5-4-12-9(10(16)19)21-11-13-14-15-17(11)6-8(18)20-3/h4-5,7H,6H2,1-3H3. The van der Waals surface area contributed by atoms with Gasteiger partial charge in [-0.05, 0) is 36.0 Å². The molecule has 21 heavy (non-hydrogen) atoms. The summed E-state index contributed by atoms with van der Waals surface area (Å²) in [6.45, 7) is 3.67. The Bertz CT molecular complexity index is 695. The van der Waals surface area contributed by atoms with Crippen LogP contribution in [0.15, 0.2) is 27.4 Å². The quantitative estimate of drug-likeness (QED) is 0.718. The van der Waals surface area contributed by atoms with Crippen molar-refractivity contribution in [3.8, 4) is 0 Å². The number of ether oxygens (including phenoxy) is 1. The average molecular weight is 310 g/mol. The minimum Gasteiger partial charge on any atom is -0.468 e. The molecule has 9 nitrogen and oxygen atoms in total. The van der Waals surface area contributed by atoms with Crippen LogP contribution in [0.1, 0.15) is 19.9 Å². The van der Waals surface area contributed by atoms with Crippen LogP contribution in [0.25, 0.3) is 0 Å². The van der Waals surface area contributed by atoms with Gasteiger partial charge in [0.05, 0.1) is 7.11 Å². The molecule has 2 aromatic heterocycles. The lowest BCUT2D eigenvalue weighted by Gasteiger charge is -2.09. The van der Waals surface area contributed by atoms with Gasteiger partial charge in [-0.25, -0.2) is 9.67 Å². The third kappa shape index (κ3) is 3.45. The van der Waals surface area contributed by atoms with Crippen molar-refractivity contribution >= 4 is 17.7 Å².